The van der Waals surface area contributed by atoms with Gasteiger partial charge >= 0.3 is 0 Å². The second-order valence-electron chi connectivity index (χ2n) is 4.47. The minimum Gasteiger partial charge on any atom is -0.394 e. The van der Waals surface area contributed by atoms with Crippen LogP contribution in [0.4, 0.5) is 0 Å². The van der Waals surface area contributed by atoms with E-state index in [-0.39, 0.29) is 24.1 Å². The summed E-state index contributed by atoms with van der Waals surface area (Å²) >= 11 is 1.60. The number of aromatic nitrogens is 2. The largest absolute Gasteiger partial charge is 0.394 e. The van der Waals surface area contributed by atoms with Gasteiger partial charge in [0.05, 0.1) is 19.3 Å². The Morgan fingerprint density at radius 3 is 3.00 bits per heavy atom. The third-order valence-corrected chi connectivity index (χ3v) is 5.14. The standard InChI is InChI=1S/C12H17N3O3S2/c1-10(7-11-3-2-6-19-11)14-20(17,18)12-8-13-15(9-12)4-5-16/h2-3,6,8-10,14,16H,4-5,7H2,1H3. The molecule has 2 aromatic rings. The van der Waals surface area contributed by atoms with Crippen molar-refractivity contribution in [3.05, 3.63) is 34.8 Å². The lowest BCUT2D eigenvalue weighted by Crippen LogP contribution is -2.33. The fourth-order valence-electron chi connectivity index (χ4n) is 1.81. The molecule has 0 aromatic carbocycles. The lowest BCUT2D eigenvalue weighted by atomic mass is 10.2. The zero-order valence-electron chi connectivity index (χ0n) is 11.1. The van der Waals surface area contributed by atoms with Crippen molar-refractivity contribution in [1.29, 1.82) is 0 Å². The molecule has 8 heteroatoms. The van der Waals surface area contributed by atoms with Crippen molar-refractivity contribution in [1.82, 2.24) is 14.5 Å². The van der Waals surface area contributed by atoms with E-state index in [1.54, 1.807) is 11.3 Å². The van der Waals surface area contributed by atoms with Gasteiger partial charge in [-0.15, -0.1) is 11.3 Å². The highest BCUT2D eigenvalue weighted by atomic mass is 32.2. The Morgan fingerprint density at radius 2 is 2.35 bits per heavy atom. The van der Waals surface area contributed by atoms with Crippen LogP contribution in [0, 0.1) is 0 Å². The second kappa shape index (κ2) is 6.49. The third-order valence-electron chi connectivity index (χ3n) is 2.69. The van der Waals surface area contributed by atoms with Crippen molar-refractivity contribution in [2.24, 2.45) is 0 Å². The van der Waals surface area contributed by atoms with Crippen molar-refractivity contribution in [3.63, 3.8) is 0 Å². The lowest BCUT2D eigenvalue weighted by molar-refractivity contribution is 0.269. The van der Waals surface area contributed by atoms with Gasteiger partial charge in [-0.1, -0.05) is 6.07 Å². The first-order chi connectivity index (χ1) is 9.51. The maximum Gasteiger partial charge on any atom is 0.243 e. The fourth-order valence-corrected chi connectivity index (χ4v) is 3.84. The van der Waals surface area contributed by atoms with E-state index in [2.05, 4.69) is 9.82 Å². The Bertz CT molecular complexity index is 635. The van der Waals surface area contributed by atoms with Gasteiger partial charge in [0.1, 0.15) is 4.90 Å². The monoisotopic (exact) mass is 315 g/mol. The van der Waals surface area contributed by atoms with Gasteiger partial charge in [-0.2, -0.15) is 5.10 Å². The van der Waals surface area contributed by atoms with Gasteiger partial charge in [-0.25, -0.2) is 13.1 Å². The number of thiophene rings is 1. The predicted molar refractivity (Wildman–Crippen MR) is 77.1 cm³/mol. The molecule has 0 radical (unpaired) electrons. The number of hydrogen-bond acceptors (Lipinski definition) is 5. The van der Waals surface area contributed by atoms with E-state index in [0.717, 1.165) is 4.88 Å². The molecule has 0 saturated carbocycles. The Hall–Kier alpha value is -1.22. The van der Waals surface area contributed by atoms with Crippen LogP contribution < -0.4 is 4.72 Å². The number of nitrogens with one attached hydrogen (secondary N) is 1. The van der Waals surface area contributed by atoms with Crippen LogP contribution in [0.3, 0.4) is 0 Å². The number of rotatable bonds is 7. The highest BCUT2D eigenvalue weighted by Crippen LogP contribution is 2.13. The lowest BCUT2D eigenvalue weighted by Gasteiger charge is -2.12. The van der Waals surface area contributed by atoms with Gasteiger partial charge in [0.25, 0.3) is 0 Å². The normalized spacial score (nSPS) is 13.5. The molecule has 0 amide bonds. The summed E-state index contributed by atoms with van der Waals surface area (Å²) in [5, 5.41) is 14.7. The number of hydrogen-bond donors (Lipinski definition) is 2. The Morgan fingerprint density at radius 1 is 1.55 bits per heavy atom. The van der Waals surface area contributed by atoms with Gasteiger partial charge in [0.15, 0.2) is 0 Å². The van der Waals surface area contributed by atoms with E-state index in [9.17, 15) is 8.42 Å². The zero-order valence-corrected chi connectivity index (χ0v) is 12.7. The molecule has 0 aliphatic heterocycles. The van der Waals surface area contributed by atoms with E-state index in [1.807, 2.05) is 24.4 Å². The van der Waals surface area contributed by atoms with Crippen molar-refractivity contribution in [2.45, 2.75) is 30.8 Å². The molecule has 0 bridgehead atoms. The predicted octanol–water partition coefficient (Wildman–Crippen LogP) is 0.846. The van der Waals surface area contributed by atoms with Gasteiger partial charge in [0.2, 0.25) is 10.0 Å². The molecule has 20 heavy (non-hydrogen) atoms. The molecule has 6 nitrogen and oxygen atoms in total. The van der Waals surface area contributed by atoms with Crippen LogP contribution in [0.15, 0.2) is 34.8 Å². The third kappa shape index (κ3) is 3.89. The summed E-state index contributed by atoms with van der Waals surface area (Å²) in [6.45, 7) is 2.03. The summed E-state index contributed by atoms with van der Waals surface area (Å²) in [5.41, 5.74) is 0. The average Bonchev–Trinajstić information content (AvgIpc) is 3.00. The van der Waals surface area contributed by atoms with Crippen molar-refractivity contribution in [2.75, 3.05) is 6.61 Å². The molecule has 0 aliphatic rings. The summed E-state index contributed by atoms with van der Waals surface area (Å²) in [6.07, 6.45) is 3.36. The molecule has 0 saturated heterocycles. The highest BCUT2D eigenvalue weighted by Gasteiger charge is 2.19. The summed E-state index contributed by atoms with van der Waals surface area (Å²) in [7, 11) is -3.57. The molecular weight excluding hydrogens is 298 g/mol. The van der Waals surface area contributed by atoms with E-state index in [0.29, 0.717) is 6.42 Å². The molecule has 110 valence electrons. The maximum atomic E-state index is 12.2. The first-order valence-corrected chi connectivity index (χ1v) is 8.55. The molecule has 2 rings (SSSR count). The molecule has 0 aliphatic carbocycles. The van der Waals surface area contributed by atoms with Crippen LogP contribution in [-0.2, 0) is 23.0 Å². The van der Waals surface area contributed by atoms with E-state index in [4.69, 9.17) is 5.11 Å². The first kappa shape index (κ1) is 15.2. The van der Waals surface area contributed by atoms with E-state index in [1.165, 1.54) is 17.1 Å². The fraction of sp³-hybridized carbons (Fsp3) is 0.417. The van der Waals surface area contributed by atoms with Crippen molar-refractivity contribution in [3.8, 4) is 0 Å². The SMILES string of the molecule is CC(Cc1cccs1)NS(=O)(=O)c1cnn(CCO)c1. The zero-order chi connectivity index (χ0) is 14.6. The minimum absolute atomic E-state index is 0.0800. The van der Waals surface area contributed by atoms with Crippen LogP contribution in [0.5, 0.6) is 0 Å². The number of nitrogens with zero attached hydrogens (tertiary/aromatic N) is 2. The molecule has 0 fully saturated rings. The molecule has 1 unspecified atom stereocenters. The smallest absolute Gasteiger partial charge is 0.243 e. The average molecular weight is 315 g/mol. The minimum atomic E-state index is -3.57. The van der Waals surface area contributed by atoms with Gasteiger partial charge in [-0.05, 0) is 24.8 Å². The maximum absolute atomic E-state index is 12.2. The van der Waals surface area contributed by atoms with Crippen LogP contribution in [0.25, 0.3) is 0 Å². The molecule has 2 heterocycles. The number of sulfonamides is 1. The summed E-state index contributed by atoms with van der Waals surface area (Å²) in [5.74, 6) is 0. The van der Waals surface area contributed by atoms with Crippen LogP contribution in [-0.4, -0.2) is 36.0 Å². The molecule has 1 atom stereocenters. The quantitative estimate of drug-likeness (QED) is 0.793. The van der Waals surface area contributed by atoms with E-state index >= 15 is 0 Å². The topological polar surface area (TPSA) is 84.2 Å². The highest BCUT2D eigenvalue weighted by molar-refractivity contribution is 7.89. The Balaban J connectivity index is 2.02. The second-order valence-corrected chi connectivity index (χ2v) is 7.21. The summed E-state index contributed by atoms with van der Waals surface area (Å²) in [6, 6.07) is 3.73. The molecular formula is C12H17N3O3S2. The number of aliphatic hydroxyl groups is 1. The Kier molecular flexibility index (Phi) is 4.92. The van der Waals surface area contributed by atoms with Crippen molar-refractivity contribution < 1.29 is 13.5 Å². The molecule has 0 spiro atoms. The summed E-state index contributed by atoms with van der Waals surface area (Å²) < 4.78 is 28.4. The first-order valence-electron chi connectivity index (χ1n) is 6.19. The summed E-state index contributed by atoms with van der Waals surface area (Å²) in [4.78, 5) is 1.25. The Labute approximate surface area is 122 Å². The van der Waals surface area contributed by atoms with Gasteiger partial charge in [-0.3, -0.25) is 4.68 Å². The molecule has 2 aromatic heterocycles. The van der Waals surface area contributed by atoms with Crippen LogP contribution in [0.1, 0.15) is 11.8 Å². The van der Waals surface area contributed by atoms with Gasteiger partial charge in [0, 0.05) is 17.1 Å². The van der Waals surface area contributed by atoms with Crippen LogP contribution >= 0.6 is 11.3 Å². The molecule has 2 N–H and O–H groups in total. The van der Waals surface area contributed by atoms with Crippen molar-refractivity contribution >= 4 is 21.4 Å². The van der Waals surface area contributed by atoms with Gasteiger partial charge < -0.3 is 5.11 Å². The number of aliphatic hydroxyl groups excluding tert-OH is 1. The van der Waals surface area contributed by atoms with Crippen LogP contribution in [0.2, 0.25) is 0 Å². The van der Waals surface area contributed by atoms with E-state index < -0.39 is 10.0 Å².